The third-order valence-electron chi connectivity index (χ3n) is 14.0. The standard InChI is InChI=1S/C58H51N5O2/c1-5-59-53-16-9-7-14-47(53)49-34-41(22-30-55(49)59)61(39-18-26-45(64-3)27-19-39)43-24-32-57-51(36-43)52-37-44(25-33-58(52)63(57)38-12-11-13-38)62(40-20-28-46(65-4)29-21-40)42-23-31-56-50(35-42)48-15-8-10-17-54(48)60(56)6-2/h7-10,14-38H,5-6,11-13H2,1-4H3. The molecule has 11 aromatic rings. The Bertz CT molecular complexity index is 3360. The summed E-state index contributed by atoms with van der Waals surface area (Å²) >= 11 is 0. The number of methoxy groups -OCH3 is 2. The molecule has 1 aliphatic rings. The molecule has 0 radical (unpaired) electrons. The summed E-state index contributed by atoms with van der Waals surface area (Å²) in [6.45, 7) is 6.27. The molecule has 0 bridgehead atoms. The highest BCUT2D eigenvalue weighted by Crippen LogP contribution is 2.47. The minimum Gasteiger partial charge on any atom is -0.497 e. The van der Waals surface area contributed by atoms with Crippen LogP contribution in [0, 0.1) is 0 Å². The van der Waals surface area contributed by atoms with Gasteiger partial charge in [-0.1, -0.05) is 36.4 Å². The maximum absolute atomic E-state index is 5.65. The summed E-state index contributed by atoms with van der Waals surface area (Å²) in [7, 11) is 3.45. The second-order valence-electron chi connectivity index (χ2n) is 17.4. The molecule has 7 nitrogen and oxygen atoms in total. The predicted molar refractivity (Wildman–Crippen MR) is 272 cm³/mol. The quantitative estimate of drug-likeness (QED) is 0.130. The van der Waals surface area contributed by atoms with Gasteiger partial charge < -0.3 is 33.0 Å². The van der Waals surface area contributed by atoms with E-state index in [-0.39, 0.29) is 0 Å². The van der Waals surface area contributed by atoms with Crippen molar-refractivity contribution in [1.29, 1.82) is 0 Å². The van der Waals surface area contributed by atoms with E-state index < -0.39 is 0 Å². The largest absolute Gasteiger partial charge is 0.497 e. The van der Waals surface area contributed by atoms with Gasteiger partial charge in [0.05, 0.1) is 14.2 Å². The van der Waals surface area contributed by atoms with Crippen molar-refractivity contribution in [2.45, 2.75) is 52.2 Å². The van der Waals surface area contributed by atoms with Gasteiger partial charge in [0, 0.05) is 119 Å². The van der Waals surface area contributed by atoms with Crippen molar-refractivity contribution in [3.05, 3.63) is 170 Å². The third-order valence-corrected chi connectivity index (χ3v) is 14.0. The van der Waals surface area contributed by atoms with Gasteiger partial charge in [-0.25, -0.2) is 0 Å². The number of rotatable bonds is 11. The molecule has 320 valence electrons. The average molecular weight is 850 g/mol. The number of anilines is 6. The van der Waals surface area contributed by atoms with Crippen LogP contribution in [0.1, 0.15) is 39.2 Å². The van der Waals surface area contributed by atoms with Gasteiger partial charge in [0.1, 0.15) is 11.5 Å². The average Bonchev–Trinajstić information content (AvgIpc) is 3.96. The first-order valence-electron chi connectivity index (χ1n) is 23.0. The Hall–Kier alpha value is -7.64. The Morgan fingerprint density at radius 2 is 0.738 bits per heavy atom. The lowest BCUT2D eigenvalue weighted by Crippen LogP contribution is -2.16. The molecule has 1 saturated carbocycles. The number of ether oxygens (including phenoxy) is 2. The number of aryl methyl sites for hydroxylation is 2. The molecule has 1 aliphatic carbocycles. The molecular formula is C58H51N5O2. The zero-order valence-electron chi connectivity index (χ0n) is 37.3. The Morgan fingerprint density at radius 3 is 1.09 bits per heavy atom. The Balaban J connectivity index is 1.07. The highest BCUT2D eigenvalue weighted by Gasteiger charge is 2.26. The summed E-state index contributed by atoms with van der Waals surface area (Å²) < 4.78 is 18.7. The first-order valence-corrected chi connectivity index (χ1v) is 23.0. The second-order valence-corrected chi connectivity index (χ2v) is 17.4. The first kappa shape index (κ1) is 39.0. The molecule has 0 amide bonds. The van der Waals surface area contributed by atoms with E-state index in [1.54, 1.807) is 14.2 Å². The third kappa shape index (κ3) is 6.17. The minimum atomic E-state index is 0.471. The van der Waals surface area contributed by atoms with Crippen LogP contribution < -0.4 is 19.3 Å². The number of benzene rings is 8. The molecule has 0 unspecified atom stereocenters. The van der Waals surface area contributed by atoms with Crippen molar-refractivity contribution in [2.24, 2.45) is 0 Å². The molecule has 1 fully saturated rings. The van der Waals surface area contributed by atoms with E-state index in [0.29, 0.717) is 6.04 Å². The number of aromatic nitrogens is 3. The molecule has 0 aliphatic heterocycles. The predicted octanol–water partition coefficient (Wildman–Crippen LogP) is 15.7. The molecule has 65 heavy (non-hydrogen) atoms. The van der Waals surface area contributed by atoms with Gasteiger partial charge in [0.15, 0.2) is 0 Å². The van der Waals surface area contributed by atoms with Crippen LogP contribution in [0.15, 0.2) is 170 Å². The Labute approximate surface area is 378 Å². The van der Waals surface area contributed by atoms with Gasteiger partial charge in [0.25, 0.3) is 0 Å². The van der Waals surface area contributed by atoms with Crippen molar-refractivity contribution in [2.75, 3.05) is 24.0 Å². The van der Waals surface area contributed by atoms with E-state index >= 15 is 0 Å². The van der Waals surface area contributed by atoms with Crippen molar-refractivity contribution in [3.63, 3.8) is 0 Å². The number of hydrogen-bond donors (Lipinski definition) is 0. The van der Waals surface area contributed by atoms with Gasteiger partial charge in [-0.2, -0.15) is 0 Å². The lowest BCUT2D eigenvalue weighted by molar-refractivity contribution is 0.328. The maximum Gasteiger partial charge on any atom is 0.119 e. The van der Waals surface area contributed by atoms with Crippen LogP contribution in [0.25, 0.3) is 65.4 Å². The zero-order valence-corrected chi connectivity index (χ0v) is 37.3. The summed E-state index contributed by atoms with van der Waals surface area (Å²) in [6, 6.07) is 63.0. The van der Waals surface area contributed by atoms with Gasteiger partial charge in [-0.15, -0.1) is 0 Å². The smallest absolute Gasteiger partial charge is 0.119 e. The molecule has 0 atom stereocenters. The topological polar surface area (TPSA) is 39.7 Å². The van der Waals surface area contributed by atoms with Crippen LogP contribution in [0.3, 0.4) is 0 Å². The van der Waals surface area contributed by atoms with Gasteiger partial charge in [-0.3, -0.25) is 0 Å². The molecule has 8 aromatic carbocycles. The summed E-state index contributed by atoms with van der Waals surface area (Å²) in [6.07, 6.45) is 3.64. The van der Waals surface area contributed by atoms with Crippen LogP contribution in [-0.4, -0.2) is 27.9 Å². The van der Waals surface area contributed by atoms with Gasteiger partial charge in [-0.05, 0) is 167 Å². The molecule has 7 heteroatoms. The van der Waals surface area contributed by atoms with E-state index in [1.165, 1.54) is 84.7 Å². The summed E-state index contributed by atoms with van der Waals surface area (Å²) in [4.78, 5) is 4.80. The normalized spacial score (nSPS) is 13.1. The summed E-state index contributed by atoms with van der Waals surface area (Å²) in [5.41, 5.74) is 14.1. The van der Waals surface area contributed by atoms with Crippen molar-refractivity contribution in [3.8, 4) is 11.5 Å². The SMILES string of the molecule is CCn1c2ccccc2c2cc(N(c3ccc(OC)cc3)c3ccc4c(c3)c3cc(N(c5ccc(OC)cc5)c5ccc6c(c5)c5ccccc5n6CC)ccc3n4C3CCC3)ccc21. The van der Waals surface area contributed by atoms with Crippen molar-refractivity contribution >= 4 is 99.5 Å². The Kier molecular flexibility index (Phi) is 9.33. The highest BCUT2D eigenvalue weighted by molar-refractivity contribution is 6.13. The van der Waals surface area contributed by atoms with E-state index in [9.17, 15) is 0 Å². The minimum absolute atomic E-state index is 0.471. The van der Waals surface area contributed by atoms with Crippen LogP contribution in [0.2, 0.25) is 0 Å². The van der Waals surface area contributed by atoms with Crippen LogP contribution in [0.5, 0.6) is 11.5 Å². The van der Waals surface area contributed by atoms with Crippen molar-refractivity contribution < 1.29 is 9.47 Å². The number of fused-ring (bicyclic) bond motifs is 9. The fourth-order valence-electron chi connectivity index (χ4n) is 10.7. The van der Waals surface area contributed by atoms with Crippen LogP contribution >= 0.6 is 0 Å². The van der Waals surface area contributed by atoms with E-state index in [0.717, 1.165) is 58.7 Å². The first-order chi connectivity index (χ1) is 32.0. The fourth-order valence-corrected chi connectivity index (χ4v) is 10.7. The lowest BCUT2D eigenvalue weighted by Gasteiger charge is -2.29. The van der Waals surface area contributed by atoms with Crippen LogP contribution in [0.4, 0.5) is 34.1 Å². The second kappa shape index (κ2) is 15.6. The molecule has 3 aromatic heterocycles. The number of para-hydroxylation sites is 2. The number of nitrogens with zero attached hydrogens (tertiary/aromatic N) is 5. The molecule has 0 saturated heterocycles. The highest BCUT2D eigenvalue weighted by atomic mass is 16.5. The summed E-state index contributed by atoms with van der Waals surface area (Å²) in [5, 5.41) is 7.52. The van der Waals surface area contributed by atoms with E-state index in [2.05, 4.69) is 207 Å². The van der Waals surface area contributed by atoms with Gasteiger partial charge >= 0.3 is 0 Å². The zero-order chi connectivity index (χ0) is 43.8. The fraction of sp³-hybridized carbons (Fsp3) is 0.172. The summed E-state index contributed by atoms with van der Waals surface area (Å²) in [5.74, 6) is 1.66. The molecule has 12 rings (SSSR count). The molecule has 3 heterocycles. The van der Waals surface area contributed by atoms with Crippen LogP contribution in [-0.2, 0) is 13.1 Å². The van der Waals surface area contributed by atoms with E-state index in [4.69, 9.17) is 9.47 Å². The Morgan fingerprint density at radius 1 is 0.400 bits per heavy atom. The monoisotopic (exact) mass is 849 g/mol. The number of hydrogen-bond acceptors (Lipinski definition) is 4. The van der Waals surface area contributed by atoms with Crippen molar-refractivity contribution in [1.82, 2.24) is 13.7 Å². The van der Waals surface area contributed by atoms with E-state index in [1.807, 2.05) is 0 Å². The van der Waals surface area contributed by atoms with Gasteiger partial charge in [0.2, 0.25) is 0 Å². The maximum atomic E-state index is 5.65. The molecular weight excluding hydrogens is 799 g/mol. The molecule has 0 N–H and O–H groups in total. The lowest BCUT2D eigenvalue weighted by atomic mass is 9.92. The molecule has 0 spiro atoms.